The zero-order valence-electron chi connectivity index (χ0n) is 16.2. The number of carbonyl (C=O) groups excluding carboxylic acids is 1. The van der Waals surface area contributed by atoms with E-state index >= 15 is 0 Å². The van der Waals surface area contributed by atoms with Crippen molar-refractivity contribution in [1.29, 1.82) is 0 Å². The Morgan fingerprint density at radius 1 is 1.03 bits per heavy atom. The molecule has 0 aliphatic carbocycles. The van der Waals surface area contributed by atoms with Gasteiger partial charge in [0.1, 0.15) is 12.1 Å². The van der Waals surface area contributed by atoms with Crippen molar-refractivity contribution in [2.45, 2.75) is 12.5 Å². The number of hydrogen-bond donors (Lipinski definition) is 1. The summed E-state index contributed by atoms with van der Waals surface area (Å²) < 4.78 is 1.94. The first-order valence-corrected chi connectivity index (χ1v) is 9.92. The van der Waals surface area contributed by atoms with E-state index in [1.165, 1.54) is 0 Å². The third-order valence-electron chi connectivity index (χ3n) is 5.81. The van der Waals surface area contributed by atoms with Crippen LogP contribution in [0.4, 0.5) is 0 Å². The normalized spacial score (nSPS) is 20.0. The summed E-state index contributed by atoms with van der Waals surface area (Å²) in [6.07, 6.45) is 4.51. The van der Waals surface area contributed by atoms with Crippen molar-refractivity contribution in [3.05, 3.63) is 54.5 Å². The highest BCUT2D eigenvalue weighted by atomic mass is 35.5. The fourth-order valence-electron chi connectivity index (χ4n) is 4.25. The number of likely N-dealkylation sites (tertiary alicyclic amines) is 1. The Kier molecular flexibility index (Phi) is 5.80. The van der Waals surface area contributed by atoms with E-state index in [0.717, 1.165) is 62.5 Å². The minimum atomic E-state index is 0. The van der Waals surface area contributed by atoms with Crippen LogP contribution in [0.2, 0.25) is 0 Å². The molecule has 2 aliphatic heterocycles. The van der Waals surface area contributed by atoms with Crippen LogP contribution in [0, 0.1) is 0 Å². The molecular weight excluding hydrogens is 388 g/mol. The van der Waals surface area contributed by atoms with Crippen molar-refractivity contribution in [2.75, 3.05) is 39.3 Å². The number of hydrogen-bond acceptors (Lipinski definition) is 5. The molecule has 29 heavy (non-hydrogen) atoms. The Labute approximate surface area is 176 Å². The molecule has 2 saturated heterocycles. The van der Waals surface area contributed by atoms with Crippen LogP contribution in [-0.4, -0.2) is 75.6 Å². The highest BCUT2D eigenvalue weighted by molar-refractivity contribution is 5.94. The van der Waals surface area contributed by atoms with Gasteiger partial charge in [-0.2, -0.15) is 0 Å². The quantitative estimate of drug-likeness (QED) is 0.712. The summed E-state index contributed by atoms with van der Waals surface area (Å²) in [6, 6.07) is 12.2. The molecule has 1 N–H and O–H groups in total. The van der Waals surface area contributed by atoms with Gasteiger partial charge in [0.25, 0.3) is 5.91 Å². The number of nitrogens with zero attached hydrogens (tertiary/aromatic N) is 5. The fraction of sp³-hybridized carbons (Fsp3) is 0.381. The molecule has 5 rings (SSSR count). The van der Waals surface area contributed by atoms with E-state index in [-0.39, 0.29) is 18.3 Å². The van der Waals surface area contributed by atoms with Crippen molar-refractivity contribution in [3.63, 3.8) is 0 Å². The molecule has 0 saturated carbocycles. The Hall–Kier alpha value is -2.48. The van der Waals surface area contributed by atoms with Gasteiger partial charge in [-0.05, 0) is 30.7 Å². The van der Waals surface area contributed by atoms with E-state index in [1.807, 2.05) is 45.9 Å². The average Bonchev–Trinajstić information content (AvgIpc) is 3.42. The predicted octanol–water partition coefficient (Wildman–Crippen LogP) is 1.96. The topological polar surface area (TPSA) is 66.3 Å². The summed E-state index contributed by atoms with van der Waals surface area (Å²) in [5.74, 6) is 0.845. The summed E-state index contributed by atoms with van der Waals surface area (Å²) in [7, 11) is 0. The van der Waals surface area contributed by atoms with Gasteiger partial charge in [0.05, 0.1) is 16.6 Å². The molecule has 2 fully saturated rings. The molecule has 1 atom stereocenters. The standard InChI is InChI=1S/C21H24N6O.ClH/c28-21(26-10-7-17(14-26)25-11-8-22-9-12-25)16-5-6-20(23-13-16)27-15-24-18-3-1-2-4-19(18)27;/h1-6,13,15,17,22H,7-12,14H2;1H. The van der Waals surface area contributed by atoms with Crippen LogP contribution in [0.25, 0.3) is 16.9 Å². The van der Waals surface area contributed by atoms with E-state index in [0.29, 0.717) is 11.6 Å². The van der Waals surface area contributed by atoms with E-state index in [1.54, 1.807) is 12.5 Å². The largest absolute Gasteiger partial charge is 0.337 e. The molecule has 2 aliphatic rings. The van der Waals surface area contributed by atoms with Crippen LogP contribution in [0.5, 0.6) is 0 Å². The summed E-state index contributed by atoms with van der Waals surface area (Å²) in [5, 5.41) is 3.39. The van der Waals surface area contributed by atoms with Gasteiger partial charge in [-0.15, -0.1) is 12.4 Å². The predicted molar refractivity (Wildman–Crippen MR) is 115 cm³/mol. The molecule has 7 nitrogen and oxygen atoms in total. The number of nitrogens with one attached hydrogen (secondary N) is 1. The van der Waals surface area contributed by atoms with Crippen molar-refractivity contribution in [1.82, 2.24) is 29.7 Å². The number of benzene rings is 1. The lowest BCUT2D eigenvalue weighted by molar-refractivity contribution is 0.0773. The van der Waals surface area contributed by atoms with E-state index in [9.17, 15) is 4.79 Å². The molecule has 0 spiro atoms. The monoisotopic (exact) mass is 412 g/mol. The molecule has 1 aromatic carbocycles. The number of para-hydroxylation sites is 2. The molecule has 8 heteroatoms. The number of imidazole rings is 1. The fourth-order valence-corrected chi connectivity index (χ4v) is 4.25. The Balaban J connectivity index is 0.00000205. The molecule has 1 amide bonds. The van der Waals surface area contributed by atoms with Gasteiger partial charge in [0.2, 0.25) is 0 Å². The zero-order valence-corrected chi connectivity index (χ0v) is 17.0. The second kappa shape index (κ2) is 8.49. The van der Waals surface area contributed by atoms with Crippen LogP contribution in [0.3, 0.4) is 0 Å². The molecular formula is C21H25ClN6O. The van der Waals surface area contributed by atoms with Crippen LogP contribution in [0.15, 0.2) is 48.9 Å². The summed E-state index contributed by atoms with van der Waals surface area (Å²) in [5.41, 5.74) is 2.59. The maximum Gasteiger partial charge on any atom is 0.255 e. The first kappa shape index (κ1) is 19.8. The lowest BCUT2D eigenvalue weighted by Gasteiger charge is -2.32. The molecule has 3 aromatic rings. The van der Waals surface area contributed by atoms with Crippen molar-refractivity contribution >= 4 is 29.3 Å². The second-order valence-corrected chi connectivity index (χ2v) is 7.49. The van der Waals surface area contributed by atoms with E-state index < -0.39 is 0 Å². The number of rotatable bonds is 3. The van der Waals surface area contributed by atoms with Gasteiger partial charge in [-0.1, -0.05) is 12.1 Å². The molecule has 1 unspecified atom stereocenters. The highest BCUT2D eigenvalue weighted by Gasteiger charge is 2.31. The number of piperazine rings is 1. The average molecular weight is 413 g/mol. The number of fused-ring (bicyclic) bond motifs is 1. The summed E-state index contributed by atoms with van der Waals surface area (Å²) in [4.78, 5) is 26.3. The maximum absolute atomic E-state index is 12.9. The van der Waals surface area contributed by atoms with Gasteiger partial charge in [0, 0.05) is 51.5 Å². The molecule has 152 valence electrons. The third kappa shape index (κ3) is 3.85. The van der Waals surface area contributed by atoms with Crippen LogP contribution in [-0.2, 0) is 0 Å². The first-order chi connectivity index (χ1) is 13.8. The van der Waals surface area contributed by atoms with Crippen molar-refractivity contribution in [3.8, 4) is 5.82 Å². The summed E-state index contributed by atoms with van der Waals surface area (Å²) in [6.45, 7) is 5.86. The van der Waals surface area contributed by atoms with Crippen LogP contribution in [0.1, 0.15) is 16.8 Å². The molecule has 0 bridgehead atoms. The van der Waals surface area contributed by atoms with Gasteiger partial charge < -0.3 is 10.2 Å². The minimum Gasteiger partial charge on any atom is -0.337 e. The summed E-state index contributed by atoms with van der Waals surface area (Å²) >= 11 is 0. The minimum absolute atomic E-state index is 0. The number of halogens is 1. The number of carbonyl (C=O) groups is 1. The van der Waals surface area contributed by atoms with Gasteiger partial charge in [-0.25, -0.2) is 9.97 Å². The smallest absolute Gasteiger partial charge is 0.255 e. The lowest BCUT2D eigenvalue weighted by atomic mass is 10.2. The number of aromatic nitrogens is 3. The van der Waals surface area contributed by atoms with Crippen LogP contribution < -0.4 is 5.32 Å². The third-order valence-corrected chi connectivity index (χ3v) is 5.81. The number of amides is 1. The molecule has 0 radical (unpaired) electrons. The molecule has 2 aromatic heterocycles. The van der Waals surface area contributed by atoms with E-state index in [2.05, 4.69) is 20.2 Å². The Bertz CT molecular complexity index is 982. The molecule has 4 heterocycles. The SMILES string of the molecule is Cl.O=C(c1ccc(-n2cnc3ccccc32)nc1)N1CCC(N2CCNCC2)C1. The van der Waals surface area contributed by atoms with Crippen molar-refractivity contribution < 1.29 is 4.79 Å². The maximum atomic E-state index is 12.9. The van der Waals surface area contributed by atoms with Gasteiger partial charge >= 0.3 is 0 Å². The number of pyridine rings is 1. The zero-order chi connectivity index (χ0) is 18.9. The van der Waals surface area contributed by atoms with Crippen molar-refractivity contribution in [2.24, 2.45) is 0 Å². The van der Waals surface area contributed by atoms with Crippen LogP contribution >= 0.6 is 12.4 Å². The Morgan fingerprint density at radius 3 is 2.66 bits per heavy atom. The van der Waals surface area contributed by atoms with Gasteiger partial charge in [0.15, 0.2) is 0 Å². The highest BCUT2D eigenvalue weighted by Crippen LogP contribution is 2.20. The Morgan fingerprint density at radius 2 is 1.86 bits per heavy atom. The second-order valence-electron chi connectivity index (χ2n) is 7.49. The first-order valence-electron chi connectivity index (χ1n) is 9.92. The van der Waals surface area contributed by atoms with E-state index in [4.69, 9.17) is 0 Å². The lowest BCUT2D eigenvalue weighted by Crippen LogP contribution is -2.49. The van der Waals surface area contributed by atoms with Gasteiger partial charge in [-0.3, -0.25) is 14.3 Å².